The Morgan fingerprint density at radius 2 is 2.05 bits per heavy atom. The third kappa shape index (κ3) is 2.41. The topological polar surface area (TPSA) is 57.3 Å². The number of methoxy groups -OCH3 is 1. The quantitative estimate of drug-likeness (QED) is 0.746. The van der Waals surface area contributed by atoms with Gasteiger partial charge in [-0.1, -0.05) is 26.8 Å². The molecule has 0 N–H and O–H groups in total. The highest BCUT2D eigenvalue weighted by molar-refractivity contribution is 6.03. The number of benzene rings is 1. The zero-order valence-corrected chi connectivity index (χ0v) is 13.3. The van der Waals surface area contributed by atoms with Crippen LogP contribution in [0.2, 0.25) is 0 Å². The molecule has 0 bridgehead atoms. The summed E-state index contributed by atoms with van der Waals surface area (Å²) in [7, 11) is 1.67. The lowest BCUT2D eigenvalue weighted by Crippen LogP contribution is -2.19. The minimum atomic E-state index is -0.551. The summed E-state index contributed by atoms with van der Waals surface area (Å²) in [6.07, 6.45) is 1.99. The Hall–Kier alpha value is -2.14. The third-order valence-corrected chi connectivity index (χ3v) is 3.78. The van der Waals surface area contributed by atoms with Crippen LogP contribution in [0.3, 0.4) is 0 Å². The number of rotatable bonds is 3. The summed E-state index contributed by atoms with van der Waals surface area (Å²) in [5.74, 6) is -0.551. The molecule has 5 heteroatoms. The second kappa shape index (κ2) is 5.25. The Bertz CT molecular complexity index is 884. The van der Waals surface area contributed by atoms with Crippen LogP contribution in [0.1, 0.15) is 26.5 Å². The molecule has 0 atom stereocenters. The lowest BCUT2D eigenvalue weighted by atomic mass is 9.89. The van der Waals surface area contributed by atoms with Crippen molar-refractivity contribution in [2.75, 3.05) is 13.7 Å². The van der Waals surface area contributed by atoms with Crippen molar-refractivity contribution in [1.29, 1.82) is 0 Å². The van der Waals surface area contributed by atoms with E-state index in [1.54, 1.807) is 7.11 Å². The molecule has 0 saturated carbocycles. The number of fused-ring (bicyclic) bond motifs is 3. The molecule has 0 saturated heterocycles. The molecule has 22 heavy (non-hydrogen) atoms. The van der Waals surface area contributed by atoms with E-state index < -0.39 is 5.76 Å². The first-order valence-corrected chi connectivity index (χ1v) is 7.34. The Morgan fingerprint density at radius 1 is 1.27 bits per heavy atom. The lowest BCUT2D eigenvalue weighted by Gasteiger charge is -2.19. The molecule has 0 aliphatic rings. The fourth-order valence-corrected chi connectivity index (χ4v) is 2.76. The van der Waals surface area contributed by atoms with E-state index in [2.05, 4.69) is 9.55 Å². The van der Waals surface area contributed by atoms with E-state index in [1.165, 1.54) is 0 Å². The number of nitrogens with zero attached hydrogens (tertiary/aromatic N) is 2. The number of aromatic nitrogens is 2. The zero-order chi connectivity index (χ0) is 15.9. The molecule has 1 aromatic carbocycles. The van der Waals surface area contributed by atoms with Crippen molar-refractivity contribution in [3.63, 3.8) is 0 Å². The predicted molar refractivity (Wildman–Crippen MR) is 86.4 cm³/mol. The van der Waals surface area contributed by atoms with Gasteiger partial charge in [0, 0.05) is 36.0 Å². The predicted octanol–water partition coefficient (Wildman–Crippen LogP) is 3.09. The summed E-state index contributed by atoms with van der Waals surface area (Å²) >= 11 is 0. The average Bonchev–Trinajstić information content (AvgIpc) is 2.86. The molecule has 0 fully saturated rings. The molecule has 2 heterocycles. The van der Waals surface area contributed by atoms with Crippen LogP contribution in [0.25, 0.3) is 21.9 Å². The first-order valence-electron chi connectivity index (χ1n) is 7.34. The minimum Gasteiger partial charge on any atom is -0.406 e. The molecule has 3 rings (SSSR count). The summed E-state index contributed by atoms with van der Waals surface area (Å²) in [5, 5.41) is 1.93. The molecule has 0 unspecified atom stereocenters. The van der Waals surface area contributed by atoms with Crippen LogP contribution >= 0.6 is 0 Å². The van der Waals surface area contributed by atoms with Crippen molar-refractivity contribution in [2.45, 2.75) is 32.7 Å². The monoisotopic (exact) mass is 300 g/mol. The number of hydrogen-bond donors (Lipinski definition) is 0. The summed E-state index contributed by atoms with van der Waals surface area (Å²) in [5.41, 5.74) is 2.05. The molecule has 3 aromatic rings. The van der Waals surface area contributed by atoms with Gasteiger partial charge >= 0.3 is 5.76 Å². The van der Waals surface area contributed by atoms with Gasteiger partial charge in [-0.15, -0.1) is 0 Å². The van der Waals surface area contributed by atoms with Crippen molar-refractivity contribution in [2.24, 2.45) is 0 Å². The van der Waals surface area contributed by atoms with Gasteiger partial charge in [-0.25, -0.2) is 4.79 Å². The maximum absolute atomic E-state index is 11.9. The van der Waals surface area contributed by atoms with Crippen LogP contribution in [-0.2, 0) is 16.7 Å². The van der Waals surface area contributed by atoms with E-state index in [0.717, 1.165) is 22.0 Å². The normalized spacial score (nSPS) is 12.4. The smallest absolute Gasteiger partial charge is 0.406 e. The maximum Gasteiger partial charge on any atom is 0.439 e. The van der Waals surface area contributed by atoms with Gasteiger partial charge in [-0.05, 0) is 12.1 Å². The molecule has 0 radical (unpaired) electrons. The van der Waals surface area contributed by atoms with Gasteiger partial charge in [0.1, 0.15) is 0 Å². The SMILES string of the molecule is COCCn1ccc2ccc3c(C(C)(C)C)nc(=O)oc3c21. The molecule has 116 valence electrons. The van der Waals surface area contributed by atoms with Crippen molar-refractivity contribution < 1.29 is 9.15 Å². The van der Waals surface area contributed by atoms with Gasteiger partial charge in [-0.2, -0.15) is 4.98 Å². The minimum absolute atomic E-state index is 0.230. The van der Waals surface area contributed by atoms with Crippen molar-refractivity contribution in [3.05, 3.63) is 40.6 Å². The highest BCUT2D eigenvalue weighted by Crippen LogP contribution is 2.31. The number of ether oxygens (including phenoxy) is 1. The van der Waals surface area contributed by atoms with Crippen molar-refractivity contribution >= 4 is 21.9 Å². The fraction of sp³-hybridized carbons (Fsp3) is 0.412. The van der Waals surface area contributed by atoms with Crippen LogP contribution in [0, 0.1) is 0 Å². The van der Waals surface area contributed by atoms with E-state index in [4.69, 9.17) is 9.15 Å². The van der Waals surface area contributed by atoms with Gasteiger partial charge in [0.2, 0.25) is 0 Å². The molecular formula is C17H20N2O3. The van der Waals surface area contributed by atoms with Crippen LogP contribution in [0.4, 0.5) is 0 Å². The van der Waals surface area contributed by atoms with Gasteiger partial charge in [-0.3, -0.25) is 0 Å². The summed E-state index contributed by atoms with van der Waals surface area (Å²) in [4.78, 5) is 16.0. The molecular weight excluding hydrogens is 280 g/mol. The first kappa shape index (κ1) is 14.8. The van der Waals surface area contributed by atoms with Gasteiger partial charge in [0.05, 0.1) is 17.8 Å². The zero-order valence-electron chi connectivity index (χ0n) is 13.3. The summed E-state index contributed by atoms with van der Waals surface area (Å²) in [6.45, 7) is 7.44. The van der Waals surface area contributed by atoms with E-state index in [9.17, 15) is 4.79 Å². The third-order valence-electron chi connectivity index (χ3n) is 3.78. The molecule has 5 nitrogen and oxygen atoms in total. The standard InChI is InChI=1S/C17H20N2O3/c1-17(2,3)15-12-6-5-11-7-8-19(9-10-21-4)13(11)14(12)22-16(20)18-15/h5-8H,9-10H2,1-4H3. The highest BCUT2D eigenvalue weighted by atomic mass is 16.5. The number of hydrogen-bond acceptors (Lipinski definition) is 4. The van der Waals surface area contributed by atoms with E-state index in [1.807, 2.05) is 45.2 Å². The molecule has 0 aliphatic heterocycles. The van der Waals surface area contributed by atoms with Gasteiger partial charge in [0.25, 0.3) is 0 Å². The van der Waals surface area contributed by atoms with Crippen LogP contribution in [-0.4, -0.2) is 23.3 Å². The maximum atomic E-state index is 11.9. The summed E-state index contributed by atoms with van der Waals surface area (Å²) in [6, 6.07) is 6.04. The van der Waals surface area contributed by atoms with Gasteiger partial charge in [0.15, 0.2) is 5.58 Å². The molecule has 0 amide bonds. The molecule has 0 aliphatic carbocycles. The summed E-state index contributed by atoms with van der Waals surface area (Å²) < 4.78 is 12.7. The Kier molecular flexibility index (Phi) is 3.53. The second-order valence-corrected chi connectivity index (χ2v) is 6.46. The van der Waals surface area contributed by atoms with E-state index in [0.29, 0.717) is 18.7 Å². The van der Waals surface area contributed by atoms with Crippen molar-refractivity contribution in [1.82, 2.24) is 9.55 Å². The second-order valence-electron chi connectivity index (χ2n) is 6.46. The van der Waals surface area contributed by atoms with Crippen LogP contribution in [0.5, 0.6) is 0 Å². The molecule has 0 spiro atoms. The van der Waals surface area contributed by atoms with Crippen molar-refractivity contribution in [3.8, 4) is 0 Å². The Labute approximate surface area is 128 Å². The largest absolute Gasteiger partial charge is 0.439 e. The highest BCUT2D eigenvalue weighted by Gasteiger charge is 2.22. The first-order chi connectivity index (χ1) is 10.4. The van der Waals surface area contributed by atoms with E-state index >= 15 is 0 Å². The van der Waals surface area contributed by atoms with Crippen LogP contribution < -0.4 is 5.76 Å². The van der Waals surface area contributed by atoms with Crippen LogP contribution in [0.15, 0.2) is 33.6 Å². The Balaban J connectivity index is 2.38. The molecule has 2 aromatic heterocycles. The van der Waals surface area contributed by atoms with E-state index in [-0.39, 0.29) is 5.41 Å². The fourth-order valence-electron chi connectivity index (χ4n) is 2.76. The Morgan fingerprint density at radius 3 is 2.73 bits per heavy atom. The van der Waals surface area contributed by atoms with Gasteiger partial charge < -0.3 is 13.7 Å². The average molecular weight is 300 g/mol. The lowest BCUT2D eigenvalue weighted by molar-refractivity contribution is 0.188.